The quantitative estimate of drug-likeness (QED) is 0.0292. The zero-order valence-electron chi connectivity index (χ0n) is 78.0. The number of aryl methyl sites for hydroxylation is 2. The molecule has 0 radical (unpaired) electrons. The summed E-state index contributed by atoms with van der Waals surface area (Å²) in [4.78, 5) is 18.5. The molecule has 0 atom stereocenters. The predicted molar refractivity (Wildman–Crippen MR) is 568 cm³/mol. The lowest BCUT2D eigenvalue weighted by molar-refractivity contribution is -1.01. The van der Waals surface area contributed by atoms with Crippen LogP contribution in [0.25, 0.3) is 11.1 Å². The van der Waals surface area contributed by atoms with E-state index in [4.69, 9.17) is 108 Å². The smallest absolute Gasteiger partial charge is 0.213 e. The molecular weight excluding hydrogens is 1940 g/mol. The molecule has 15 nitrogen and oxygen atoms in total. The number of quaternary nitrogens is 2. The molecule has 0 bridgehead atoms. The second-order valence-electron chi connectivity index (χ2n) is 35.1. The molecule has 718 valence electrons. The number of imidazole rings is 1. The number of aromatic nitrogens is 8. The number of aliphatic hydroxyl groups is 2. The highest BCUT2D eigenvalue weighted by atomic mass is 35.5. The molecule has 142 heavy (non-hydrogen) atoms. The summed E-state index contributed by atoms with van der Waals surface area (Å²) in [6.45, 7) is 15.3. The molecule has 0 spiro atoms. The van der Waals surface area contributed by atoms with Crippen LogP contribution in [0.1, 0.15) is 101 Å². The molecule has 18 aromatic rings. The van der Waals surface area contributed by atoms with Gasteiger partial charge in [-0.05, 0) is 230 Å². The summed E-state index contributed by atoms with van der Waals surface area (Å²) in [5, 5.41) is 33.7. The lowest BCUT2D eigenvalue weighted by Gasteiger charge is -2.37. The van der Waals surface area contributed by atoms with Crippen molar-refractivity contribution >= 4 is 93.4 Å². The van der Waals surface area contributed by atoms with Crippen molar-refractivity contribution in [3.63, 3.8) is 0 Å². The number of nitrogens with one attached hydrogen (secondary N) is 3. The number of halogens is 9. The summed E-state index contributed by atoms with van der Waals surface area (Å²) >= 11 is 49.2. The minimum absolute atomic E-state index is 0.250. The molecular formula is C117H104Cl7F2N11O4S+2. The molecule has 0 saturated carbocycles. The van der Waals surface area contributed by atoms with Gasteiger partial charge in [0.15, 0.2) is 5.60 Å². The van der Waals surface area contributed by atoms with Crippen LogP contribution in [0.4, 0.5) is 8.78 Å². The molecule has 0 amide bonds. The van der Waals surface area contributed by atoms with Crippen LogP contribution in [0.3, 0.4) is 0 Å². The molecule has 14 aromatic carbocycles. The normalized spacial score (nSPS) is 14.5. The number of aromatic amines is 1. The summed E-state index contributed by atoms with van der Waals surface area (Å²) in [6, 6.07) is 120. The first-order valence-corrected chi connectivity index (χ1v) is 49.9. The Hall–Kier alpha value is -12.4. The maximum absolute atomic E-state index is 14.3. The number of morpholine rings is 1. The Morgan fingerprint density at radius 1 is 0.458 bits per heavy atom. The number of aliphatic hydroxyl groups excluding tert-OH is 1. The molecule has 1 aliphatic carbocycles. The zero-order valence-corrected chi connectivity index (χ0v) is 84.1. The van der Waals surface area contributed by atoms with Crippen LogP contribution in [-0.2, 0) is 43.8 Å². The highest BCUT2D eigenvalue weighted by Gasteiger charge is 2.49. The predicted octanol–water partition coefficient (Wildman–Crippen LogP) is 23.6. The number of pyridine rings is 1. The Kier molecular flexibility index (Phi) is 33.0. The largest absolute Gasteiger partial charge is 0.391 e. The van der Waals surface area contributed by atoms with Gasteiger partial charge < -0.3 is 34.1 Å². The monoisotopic (exact) mass is 2040 g/mol. The van der Waals surface area contributed by atoms with E-state index in [-0.39, 0.29) is 18.2 Å². The van der Waals surface area contributed by atoms with Crippen LogP contribution in [0.15, 0.2) is 407 Å². The van der Waals surface area contributed by atoms with Crippen LogP contribution in [0.2, 0.25) is 35.2 Å². The highest BCUT2D eigenvalue weighted by Crippen LogP contribution is 2.54. The van der Waals surface area contributed by atoms with Crippen molar-refractivity contribution in [2.75, 3.05) is 78.8 Å². The molecule has 4 aromatic heterocycles. The molecule has 2 aliphatic heterocycles. The third-order valence-corrected chi connectivity index (χ3v) is 28.5. The first kappa shape index (κ1) is 101. The number of fused-ring (bicyclic) bond motifs is 3. The zero-order chi connectivity index (χ0) is 98.8. The average Bonchev–Trinajstić information content (AvgIpc) is 1.53. The second kappa shape index (κ2) is 46.3. The van der Waals surface area contributed by atoms with Gasteiger partial charge in [-0.25, -0.2) is 23.4 Å². The van der Waals surface area contributed by atoms with Crippen molar-refractivity contribution in [2.24, 2.45) is 0 Å². The van der Waals surface area contributed by atoms with E-state index in [1.807, 2.05) is 299 Å². The van der Waals surface area contributed by atoms with Crippen LogP contribution in [0, 0.1) is 30.3 Å². The van der Waals surface area contributed by atoms with Crippen molar-refractivity contribution in [3.05, 3.63) is 559 Å². The molecule has 25 heteroatoms. The van der Waals surface area contributed by atoms with Gasteiger partial charge in [0.05, 0.1) is 44.1 Å². The van der Waals surface area contributed by atoms with E-state index < -0.39 is 27.8 Å². The van der Waals surface area contributed by atoms with Crippen LogP contribution in [0.5, 0.6) is 0 Å². The summed E-state index contributed by atoms with van der Waals surface area (Å²) in [6.07, 6.45) is 9.00. The maximum atomic E-state index is 14.3. The van der Waals surface area contributed by atoms with Crippen LogP contribution >= 0.6 is 93.4 Å². The Morgan fingerprint density at radius 2 is 0.873 bits per heavy atom. The Balaban J connectivity index is 0.000000122. The van der Waals surface area contributed by atoms with Gasteiger partial charge >= 0.3 is 0 Å². The van der Waals surface area contributed by atoms with Crippen molar-refractivity contribution < 1.29 is 38.3 Å². The topological polar surface area (TPSA) is 153 Å². The third-order valence-electron chi connectivity index (χ3n) is 26.5. The lowest BCUT2D eigenvalue weighted by atomic mass is 9.77. The van der Waals surface area contributed by atoms with Gasteiger partial charge in [0.25, 0.3) is 0 Å². The molecule has 21 rings (SSSR count). The number of benzene rings is 14. The number of hydrogen-bond acceptors (Lipinski definition) is 10. The number of hydrogen-bond donors (Lipinski definition) is 5. The highest BCUT2D eigenvalue weighted by molar-refractivity contribution is 7.71. The third kappa shape index (κ3) is 21.8. The Morgan fingerprint density at radius 3 is 1.27 bits per heavy atom. The SMILES string of the molecule is Cc1cc(C)n(C(c2ccccc2)(c2ccccc2)c2ccccc2Cl)n1.Clc1ccc(C(c2ccc(Cl)cc2)(c2ccc(Cl)cc2)n2ccnc2)cc1.Fc1ccc2c(c1)C(c1ccccc1)(n1cnc(=S)[nH]1)c1cc(F)ccc1-2.OC(c1ccccc1)(c1ccccc1)c1ccc(CN2CCOCC2)cn1.OCC[NH+]1CC[NH+](CCOC(c2ccc(Cl)cc2)(c2ccc(Cl)cc2)c2ccc(Cl)cc2)CC1. The van der Waals surface area contributed by atoms with Crippen molar-refractivity contribution in [1.82, 2.24) is 44.0 Å². The van der Waals surface area contributed by atoms with Crippen LogP contribution < -0.4 is 9.80 Å². The van der Waals surface area contributed by atoms with Gasteiger partial charge in [-0.15, -0.1) is 0 Å². The average molecular weight is 2050 g/mol. The molecule has 5 N–H and O–H groups in total. The summed E-state index contributed by atoms with van der Waals surface area (Å²) in [7, 11) is 0. The van der Waals surface area contributed by atoms with Gasteiger partial charge in [-0.2, -0.15) is 5.10 Å². The molecule has 3 aliphatic rings. The van der Waals surface area contributed by atoms with Gasteiger partial charge in [-0.1, -0.05) is 342 Å². The van der Waals surface area contributed by atoms with Crippen LogP contribution in [-0.4, -0.2) is 133 Å². The van der Waals surface area contributed by atoms with Gasteiger partial charge in [0.1, 0.15) is 79.4 Å². The number of H-pyrrole nitrogens is 1. The number of ether oxygens (including phenoxy) is 2. The summed E-state index contributed by atoms with van der Waals surface area (Å²) < 4.78 is 47.1. The van der Waals surface area contributed by atoms with Gasteiger partial charge in [0.2, 0.25) is 4.77 Å². The van der Waals surface area contributed by atoms with Crippen molar-refractivity contribution in [1.29, 1.82) is 0 Å². The van der Waals surface area contributed by atoms with E-state index in [9.17, 15) is 19.0 Å². The molecule has 6 heterocycles. The molecule has 2 fully saturated rings. The van der Waals surface area contributed by atoms with Gasteiger partial charge in [-0.3, -0.25) is 19.7 Å². The fourth-order valence-corrected chi connectivity index (χ4v) is 21.0. The molecule has 2 saturated heterocycles. The van der Waals surface area contributed by atoms with Crippen molar-refractivity contribution in [2.45, 2.75) is 48.2 Å². The number of nitrogens with zero attached hydrogens (tertiary/aromatic N) is 8. The lowest BCUT2D eigenvalue weighted by Crippen LogP contribution is -3.28. The minimum atomic E-state index is -1.28. The Bertz CT molecular complexity index is 6850. The van der Waals surface area contributed by atoms with E-state index in [1.165, 1.54) is 34.1 Å². The van der Waals surface area contributed by atoms with Gasteiger partial charge in [0, 0.05) is 84.6 Å². The Labute approximate surface area is 866 Å². The van der Waals surface area contributed by atoms with Crippen molar-refractivity contribution in [3.8, 4) is 11.1 Å². The number of piperazine rings is 1. The standard InChI is InChI=1S/C27H29Cl3N2O2.C24H21ClN2.C23H24N2O2.C22H15Cl3N2.C21H13F2N3S/c28-24-7-1-21(2-8-24)27(22-3-9-25(29)10-4-22,23-5-11-26(30)12-6-23)34-20-18-32-15-13-31(14-16-32)17-19-33;1-18-17-19(2)27(26-18)24(20-11-5-3-6-12-20,21-13-7-4-8-14-21)22-15-9-10-16-23(22)25;26-23(20-7-3-1-4-8-20,21-9-5-2-6-10-21)22-12-11-19(17-24-22)18-25-13-15-27-16-14-25;23-19-7-1-16(2-8-19)22(27-14-13-26-15-27,17-3-9-20(24)10-4-17)18-5-11-21(25)12-6-18;22-14-6-8-16-17-9-7-15(23)11-19(17)21(18(16)10-14,13-4-2-1-3-5-13)26-12-24-20(27)25-26/h1-12,33H,13-20H2;3-17H,1-2H3;1-12,17,26H,13-16,18H2;1-15H;1-12H,(H,25,27)/p+2. The molecule has 0 unspecified atom stereocenters. The fourth-order valence-electron chi connectivity index (χ4n) is 19.8. The van der Waals surface area contributed by atoms with E-state index in [2.05, 4.69) is 108 Å². The van der Waals surface area contributed by atoms with E-state index in [1.54, 1.807) is 29.3 Å². The summed E-state index contributed by atoms with van der Waals surface area (Å²) in [5.41, 5.74) is 14.4. The summed E-state index contributed by atoms with van der Waals surface area (Å²) in [5.74, 6) is -0.720. The number of rotatable bonds is 24. The second-order valence-corrected chi connectivity index (χ2v) is 38.5. The minimum Gasteiger partial charge on any atom is -0.391 e. The fraction of sp³-hybridized carbons (Fsp3) is 0.171. The van der Waals surface area contributed by atoms with E-state index in [0.29, 0.717) is 58.3 Å². The van der Waals surface area contributed by atoms with E-state index >= 15 is 0 Å². The van der Waals surface area contributed by atoms with E-state index in [0.717, 1.165) is 172 Å². The maximum Gasteiger partial charge on any atom is 0.213 e. The first-order valence-electron chi connectivity index (χ1n) is 46.9. The first-order chi connectivity index (χ1) is 69.1.